The SMILES string of the molecule is C[C@@H]1[C@H]2C[C@@H](CC1(C)C)N(C(=S)Nc1ccc3nc(-c4ccccc4)c(-c4ccccc4)nc3c1)C2. The van der Waals surface area contributed by atoms with Gasteiger partial charge in [0.1, 0.15) is 0 Å². The monoisotopic (exact) mass is 492 g/mol. The lowest BCUT2D eigenvalue weighted by molar-refractivity contribution is 0.107. The van der Waals surface area contributed by atoms with E-state index in [1.807, 2.05) is 42.5 Å². The Labute approximate surface area is 218 Å². The predicted octanol–water partition coefficient (Wildman–Crippen LogP) is 7.42. The summed E-state index contributed by atoms with van der Waals surface area (Å²) in [5.41, 5.74) is 6.95. The highest BCUT2D eigenvalue weighted by Crippen LogP contribution is 2.49. The lowest BCUT2D eigenvalue weighted by Gasteiger charge is -2.41. The number of rotatable bonds is 3. The van der Waals surface area contributed by atoms with E-state index in [1.54, 1.807) is 0 Å². The summed E-state index contributed by atoms with van der Waals surface area (Å²) in [6.07, 6.45) is 2.44. The third-order valence-electron chi connectivity index (χ3n) is 8.42. The maximum Gasteiger partial charge on any atom is 0.173 e. The summed E-state index contributed by atoms with van der Waals surface area (Å²) in [4.78, 5) is 12.6. The van der Waals surface area contributed by atoms with E-state index in [0.29, 0.717) is 23.3 Å². The van der Waals surface area contributed by atoms with E-state index >= 15 is 0 Å². The van der Waals surface area contributed by atoms with Gasteiger partial charge in [0.25, 0.3) is 0 Å². The van der Waals surface area contributed by atoms with Crippen LogP contribution in [0.5, 0.6) is 0 Å². The average Bonchev–Trinajstić information content (AvgIpc) is 3.27. The standard InChI is InChI=1S/C31H32N4S/c1-20-23-16-25(18-31(20,2)3)35(19-23)30(36)32-24-14-15-26-27(17-24)34-29(22-12-8-5-9-13-22)28(33-26)21-10-6-4-7-11-21/h4-15,17,20,23,25H,16,18-19H2,1-3H3,(H,32,36)/t20-,23+,25+/m1/s1. The number of hydrogen-bond donors (Lipinski definition) is 1. The molecule has 0 radical (unpaired) electrons. The van der Waals surface area contributed by atoms with E-state index in [9.17, 15) is 0 Å². The molecule has 182 valence electrons. The van der Waals surface area contributed by atoms with Crippen LogP contribution in [0.3, 0.4) is 0 Å². The van der Waals surface area contributed by atoms with Crippen molar-refractivity contribution in [2.24, 2.45) is 17.3 Å². The van der Waals surface area contributed by atoms with Crippen molar-refractivity contribution in [1.29, 1.82) is 0 Å². The van der Waals surface area contributed by atoms with Crippen LogP contribution in [0, 0.1) is 17.3 Å². The number of nitrogens with one attached hydrogen (secondary N) is 1. The molecule has 2 aliphatic rings. The summed E-state index contributed by atoms with van der Waals surface area (Å²) in [5.74, 6) is 1.43. The number of anilines is 1. The molecule has 1 saturated carbocycles. The molecule has 3 aromatic carbocycles. The van der Waals surface area contributed by atoms with Gasteiger partial charge in [-0.2, -0.15) is 0 Å². The zero-order valence-corrected chi connectivity index (χ0v) is 21.9. The van der Waals surface area contributed by atoms with Crippen LogP contribution in [0.2, 0.25) is 0 Å². The lowest BCUT2D eigenvalue weighted by atomic mass is 9.65. The second kappa shape index (κ2) is 8.97. The first-order chi connectivity index (χ1) is 17.4. The zero-order valence-electron chi connectivity index (χ0n) is 21.1. The second-order valence-corrected chi connectivity index (χ2v) is 11.5. The number of nitrogens with zero attached hydrogens (tertiary/aromatic N) is 3. The Morgan fingerprint density at radius 1 is 0.889 bits per heavy atom. The Kier molecular flexibility index (Phi) is 5.76. The summed E-state index contributed by atoms with van der Waals surface area (Å²) < 4.78 is 0. The van der Waals surface area contributed by atoms with Gasteiger partial charge in [-0.25, -0.2) is 9.97 Å². The summed E-state index contributed by atoms with van der Waals surface area (Å²) in [5, 5.41) is 4.35. The molecule has 2 bridgehead atoms. The summed E-state index contributed by atoms with van der Waals surface area (Å²) in [6, 6.07) is 27.3. The molecule has 4 nitrogen and oxygen atoms in total. The van der Waals surface area contributed by atoms with Crippen LogP contribution in [0.4, 0.5) is 5.69 Å². The molecular formula is C31H32N4S. The van der Waals surface area contributed by atoms with Crippen LogP contribution in [-0.4, -0.2) is 32.6 Å². The molecule has 2 fully saturated rings. The maximum absolute atomic E-state index is 5.92. The molecular weight excluding hydrogens is 460 g/mol. The van der Waals surface area contributed by atoms with E-state index in [2.05, 4.69) is 67.4 Å². The minimum absolute atomic E-state index is 0.362. The van der Waals surface area contributed by atoms with Crippen molar-refractivity contribution in [2.75, 3.05) is 11.9 Å². The summed E-state index contributed by atoms with van der Waals surface area (Å²) >= 11 is 5.92. The summed E-state index contributed by atoms with van der Waals surface area (Å²) in [6.45, 7) is 8.28. The minimum atomic E-state index is 0.362. The Morgan fingerprint density at radius 2 is 1.50 bits per heavy atom. The first-order valence-corrected chi connectivity index (χ1v) is 13.3. The zero-order chi connectivity index (χ0) is 24.9. The van der Waals surface area contributed by atoms with Gasteiger partial charge in [-0.3, -0.25) is 0 Å². The van der Waals surface area contributed by atoms with Gasteiger partial charge in [0.15, 0.2) is 5.11 Å². The normalized spacial score (nSPS) is 22.5. The molecule has 5 heteroatoms. The molecule has 4 aromatic rings. The predicted molar refractivity (Wildman–Crippen MR) is 153 cm³/mol. The fourth-order valence-corrected chi connectivity index (χ4v) is 6.45. The highest BCUT2D eigenvalue weighted by molar-refractivity contribution is 7.80. The summed E-state index contributed by atoms with van der Waals surface area (Å²) in [7, 11) is 0. The second-order valence-electron chi connectivity index (χ2n) is 11.1. The van der Waals surface area contributed by atoms with E-state index < -0.39 is 0 Å². The van der Waals surface area contributed by atoms with Crippen LogP contribution < -0.4 is 5.32 Å². The molecule has 1 N–H and O–H groups in total. The van der Waals surface area contributed by atoms with Crippen molar-refractivity contribution in [1.82, 2.24) is 14.9 Å². The van der Waals surface area contributed by atoms with Gasteiger partial charge in [-0.1, -0.05) is 81.4 Å². The Morgan fingerprint density at radius 3 is 2.14 bits per heavy atom. The third-order valence-corrected chi connectivity index (χ3v) is 8.76. The van der Waals surface area contributed by atoms with Gasteiger partial charge in [0.05, 0.1) is 22.4 Å². The fraction of sp³-hybridized carbons (Fsp3) is 0.323. The van der Waals surface area contributed by atoms with Crippen molar-refractivity contribution >= 4 is 34.1 Å². The van der Waals surface area contributed by atoms with Crippen molar-refractivity contribution in [3.05, 3.63) is 78.9 Å². The largest absolute Gasteiger partial charge is 0.346 e. The highest BCUT2D eigenvalue weighted by atomic mass is 32.1. The molecule has 0 unspecified atom stereocenters. The smallest absolute Gasteiger partial charge is 0.173 e. The third kappa shape index (κ3) is 4.16. The first kappa shape index (κ1) is 23.1. The number of benzene rings is 3. The van der Waals surface area contributed by atoms with E-state index in [1.165, 1.54) is 12.8 Å². The van der Waals surface area contributed by atoms with Crippen molar-refractivity contribution in [3.8, 4) is 22.5 Å². The molecule has 36 heavy (non-hydrogen) atoms. The van der Waals surface area contributed by atoms with Crippen LogP contribution in [0.1, 0.15) is 33.6 Å². The topological polar surface area (TPSA) is 41.0 Å². The molecule has 3 atom stereocenters. The molecule has 1 aliphatic heterocycles. The van der Waals surface area contributed by atoms with Crippen molar-refractivity contribution < 1.29 is 0 Å². The molecule has 1 aromatic heterocycles. The van der Waals surface area contributed by atoms with E-state index in [-0.39, 0.29) is 0 Å². The molecule has 6 rings (SSSR count). The molecule has 1 aliphatic carbocycles. The van der Waals surface area contributed by atoms with Gasteiger partial charge < -0.3 is 10.2 Å². The lowest BCUT2D eigenvalue weighted by Crippen LogP contribution is -2.41. The quantitative estimate of drug-likeness (QED) is 0.301. The number of likely N-dealkylation sites (tertiary alicyclic amines) is 1. The average molecular weight is 493 g/mol. The first-order valence-electron chi connectivity index (χ1n) is 12.9. The Bertz CT molecular complexity index is 1420. The van der Waals surface area contributed by atoms with Gasteiger partial charge in [-0.05, 0) is 60.5 Å². The fourth-order valence-electron chi connectivity index (χ4n) is 6.11. The Balaban J connectivity index is 1.33. The molecule has 2 heterocycles. The van der Waals surface area contributed by atoms with Crippen LogP contribution >= 0.6 is 12.2 Å². The number of fused-ring (bicyclic) bond motifs is 3. The van der Waals surface area contributed by atoms with Gasteiger partial charge in [-0.15, -0.1) is 0 Å². The van der Waals surface area contributed by atoms with E-state index in [0.717, 1.165) is 50.9 Å². The number of hydrogen-bond acceptors (Lipinski definition) is 3. The van der Waals surface area contributed by atoms with Crippen molar-refractivity contribution in [3.63, 3.8) is 0 Å². The maximum atomic E-state index is 5.92. The number of aromatic nitrogens is 2. The van der Waals surface area contributed by atoms with Crippen LogP contribution in [0.15, 0.2) is 78.9 Å². The Hall–Kier alpha value is -3.31. The minimum Gasteiger partial charge on any atom is -0.346 e. The van der Waals surface area contributed by atoms with Gasteiger partial charge in [0, 0.05) is 29.4 Å². The van der Waals surface area contributed by atoms with Crippen LogP contribution in [-0.2, 0) is 0 Å². The van der Waals surface area contributed by atoms with Gasteiger partial charge in [0.2, 0.25) is 0 Å². The van der Waals surface area contributed by atoms with Crippen LogP contribution in [0.25, 0.3) is 33.5 Å². The molecule has 0 spiro atoms. The van der Waals surface area contributed by atoms with Gasteiger partial charge >= 0.3 is 0 Å². The molecule has 1 saturated heterocycles. The highest BCUT2D eigenvalue weighted by Gasteiger charge is 2.48. The number of thiocarbonyl (C=S) groups is 1. The van der Waals surface area contributed by atoms with E-state index in [4.69, 9.17) is 22.2 Å². The molecule has 0 amide bonds. The van der Waals surface area contributed by atoms with Crippen molar-refractivity contribution in [2.45, 2.75) is 39.7 Å².